The summed E-state index contributed by atoms with van der Waals surface area (Å²) in [4.78, 5) is 18.7. The summed E-state index contributed by atoms with van der Waals surface area (Å²) in [7, 11) is 0. The van der Waals surface area contributed by atoms with Gasteiger partial charge in [-0.3, -0.25) is 9.30 Å². The number of aromatic nitrogens is 4. The Morgan fingerprint density at radius 1 is 1.09 bits per heavy atom. The van der Waals surface area contributed by atoms with Crippen LogP contribution in [0.1, 0.15) is 44.6 Å². The van der Waals surface area contributed by atoms with Crippen molar-refractivity contribution in [3.8, 4) is 23.0 Å². The molecule has 4 saturated heterocycles. The first-order valence-corrected chi connectivity index (χ1v) is 16.7. The SMILES string of the molecule is CCc1c(F)ccc2cc(O)cc(-c3c(F)c4nc(OC[C@@]56CCCN5C[C@H](F)C6)nc(N5C[C@H]6CC[C@@H](C5)N6)c4c4nccn34)c12. The number of rotatable bonds is 6. The molecule has 2 bridgehead atoms. The van der Waals surface area contributed by atoms with Crippen molar-refractivity contribution in [3.05, 3.63) is 53.9 Å². The van der Waals surface area contributed by atoms with Crippen LogP contribution in [0.5, 0.6) is 11.8 Å². The Labute approximate surface area is 269 Å². The Kier molecular flexibility index (Phi) is 6.59. The average molecular weight is 644 g/mol. The van der Waals surface area contributed by atoms with Crippen LogP contribution >= 0.6 is 0 Å². The van der Waals surface area contributed by atoms with Crippen LogP contribution in [-0.4, -0.2) is 85.9 Å². The van der Waals surface area contributed by atoms with Gasteiger partial charge in [0.15, 0.2) is 11.5 Å². The van der Waals surface area contributed by atoms with Gasteiger partial charge >= 0.3 is 6.01 Å². The van der Waals surface area contributed by atoms with E-state index in [1.807, 2.05) is 6.92 Å². The minimum atomic E-state index is -0.910. The lowest BCUT2D eigenvalue weighted by Crippen LogP contribution is -2.51. The molecule has 4 atom stereocenters. The number of phenolic OH excluding ortho intramolecular Hbond substituents is 1. The molecular weight excluding hydrogens is 607 g/mol. The molecule has 2 aromatic carbocycles. The highest BCUT2D eigenvalue weighted by Gasteiger charge is 2.49. The maximum absolute atomic E-state index is 17.4. The number of pyridine rings is 1. The third kappa shape index (κ3) is 4.47. The third-order valence-electron chi connectivity index (χ3n) is 10.9. The minimum Gasteiger partial charge on any atom is -0.508 e. The number of alkyl halides is 1. The largest absolute Gasteiger partial charge is 0.508 e. The van der Waals surface area contributed by atoms with Gasteiger partial charge in [-0.15, -0.1) is 0 Å². The molecule has 4 fully saturated rings. The van der Waals surface area contributed by atoms with Gasteiger partial charge in [-0.2, -0.15) is 9.97 Å². The van der Waals surface area contributed by atoms with E-state index in [0.717, 1.165) is 32.2 Å². The van der Waals surface area contributed by atoms with Crippen molar-refractivity contribution in [1.29, 1.82) is 0 Å². The molecule has 244 valence electrons. The fourth-order valence-corrected chi connectivity index (χ4v) is 8.87. The average Bonchev–Trinajstić information content (AvgIpc) is 3.83. The molecular formula is C35H36F3N7O2. The lowest BCUT2D eigenvalue weighted by Gasteiger charge is -2.34. The highest BCUT2D eigenvalue weighted by atomic mass is 19.1. The van der Waals surface area contributed by atoms with Gasteiger partial charge in [0, 0.05) is 56.1 Å². The van der Waals surface area contributed by atoms with E-state index in [0.29, 0.717) is 71.2 Å². The van der Waals surface area contributed by atoms with Gasteiger partial charge in [-0.05, 0) is 73.2 Å². The number of halogens is 3. The third-order valence-corrected chi connectivity index (χ3v) is 10.9. The number of phenols is 1. The molecule has 3 aromatic heterocycles. The molecule has 47 heavy (non-hydrogen) atoms. The van der Waals surface area contributed by atoms with Crippen LogP contribution in [0, 0.1) is 11.6 Å². The number of ether oxygens (including phenoxy) is 1. The molecule has 0 aliphatic carbocycles. The number of nitrogens with one attached hydrogen (secondary N) is 1. The zero-order valence-corrected chi connectivity index (χ0v) is 26.1. The van der Waals surface area contributed by atoms with Crippen LogP contribution in [0.2, 0.25) is 0 Å². The normalized spacial score (nSPS) is 25.9. The Hall–Kier alpha value is -4.16. The standard InChI is InChI=1S/C35H36F3N7O2/c1-2-24-26(37)7-4-19-12-23(46)13-25(27(19)24)31-29(38)30-28(32-39-9-11-45(31)32)33(43-16-21-5-6-22(17-43)40-21)42-34(41-30)47-18-35-8-3-10-44(35)15-20(36)14-35/h4,7,9,11-13,20-22,40,46H,2-3,5-6,8,10,14-18H2,1H3/t20-,21-,22+,35+/m1/s1. The van der Waals surface area contributed by atoms with Crippen LogP contribution < -0.4 is 15.0 Å². The van der Waals surface area contributed by atoms with E-state index in [9.17, 15) is 9.50 Å². The van der Waals surface area contributed by atoms with Crippen molar-refractivity contribution < 1.29 is 23.0 Å². The second-order valence-corrected chi connectivity index (χ2v) is 13.7. The van der Waals surface area contributed by atoms with E-state index in [1.54, 1.807) is 28.9 Å². The van der Waals surface area contributed by atoms with E-state index in [-0.39, 0.29) is 41.7 Å². The zero-order chi connectivity index (χ0) is 32.0. The van der Waals surface area contributed by atoms with Gasteiger partial charge in [0.25, 0.3) is 0 Å². The Morgan fingerprint density at radius 2 is 1.91 bits per heavy atom. The predicted molar refractivity (Wildman–Crippen MR) is 173 cm³/mol. The molecule has 7 heterocycles. The van der Waals surface area contributed by atoms with Crippen LogP contribution in [0.4, 0.5) is 19.0 Å². The maximum Gasteiger partial charge on any atom is 0.319 e. The molecule has 9 rings (SSSR count). The zero-order valence-electron chi connectivity index (χ0n) is 26.1. The van der Waals surface area contributed by atoms with E-state index in [1.165, 1.54) is 12.1 Å². The van der Waals surface area contributed by atoms with Gasteiger partial charge in [0.1, 0.15) is 35.7 Å². The van der Waals surface area contributed by atoms with Crippen molar-refractivity contribution in [3.63, 3.8) is 0 Å². The number of hydrogen-bond acceptors (Lipinski definition) is 8. The van der Waals surface area contributed by atoms with Crippen molar-refractivity contribution in [2.45, 2.75) is 69.2 Å². The molecule has 0 amide bonds. The number of fused-ring (bicyclic) bond motifs is 7. The van der Waals surface area contributed by atoms with Gasteiger partial charge in [0.05, 0.1) is 16.6 Å². The molecule has 0 spiro atoms. The van der Waals surface area contributed by atoms with Crippen molar-refractivity contribution in [1.82, 2.24) is 29.6 Å². The fraction of sp³-hybridized carbons (Fsp3) is 0.457. The summed E-state index contributed by atoms with van der Waals surface area (Å²) in [6.45, 7) is 4.66. The quantitative estimate of drug-likeness (QED) is 0.250. The first-order chi connectivity index (χ1) is 22.8. The monoisotopic (exact) mass is 643 g/mol. The molecule has 5 aromatic rings. The second-order valence-electron chi connectivity index (χ2n) is 13.7. The van der Waals surface area contributed by atoms with E-state index >= 15 is 8.78 Å². The van der Waals surface area contributed by atoms with Gasteiger partial charge in [-0.25, -0.2) is 18.2 Å². The van der Waals surface area contributed by atoms with Crippen LogP contribution in [0.3, 0.4) is 0 Å². The number of hydrogen-bond donors (Lipinski definition) is 2. The van der Waals surface area contributed by atoms with Crippen LogP contribution in [0.25, 0.3) is 38.6 Å². The van der Waals surface area contributed by atoms with Gasteiger partial charge < -0.3 is 20.1 Å². The highest BCUT2D eigenvalue weighted by Crippen LogP contribution is 2.43. The number of benzene rings is 2. The Bertz CT molecular complexity index is 2060. The number of imidazole rings is 1. The summed E-state index contributed by atoms with van der Waals surface area (Å²) in [5.41, 5.74) is 0.930. The smallest absolute Gasteiger partial charge is 0.319 e. The Morgan fingerprint density at radius 3 is 2.72 bits per heavy atom. The van der Waals surface area contributed by atoms with Gasteiger partial charge in [-0.1, -0.05) is 13.0 Å². The second kappa shape index (κ2) is 10.7. The molecule has 0 unspecified atom stereocenters. The van der Waals surface area contributed by atoms with Crippen molar-refractivity contribution in [2.24, 2.45) is 0 Å². The summed E-state index contributed by atoms with van der Waals surface area (Å²) >= 11 is 0. The molecule has 9 nitrogen and oxygen atoms in total. The number of nitrogens with zero attached hydrogens (tertiary/aromatic N) is 6. The summed E-state index contributed by atoms with van der Waals surface area (Å²) in [5.74, 6) is -0.575. The van der Waals surface area contributed by atoms with Crippen LogP contribution in [0.15, 0.2) is 36.7 Å². The first-order valence-electron chi connectivity index (χ1n) is 16.7. The number of aryl methyl sites for hydroxylation is 1. The lowest BCUT2D eigenvalue weighted by atomic mass is 9.94. The van der Waals surface area contributed by atoms with Crippen molar-refractivity contribution >= 4 is 33.1 Å². The molecule has 0 saturated carbocycles. The molecule has 12 heteroatoms. The van der Waals surface area contributed by atoms with E-state index in [2.05, 4.69) is 20.1 Å². The summed E-state index contributed by atoms with van der Waals surface area (Å²) < 4.78 is 55.1. The Balaban J connectivity index is 1.27. The van der Waals surface area contributed by atoms with Crippen molar-refractivity contribution in [2.75, 3.05) is 37.7 Å². The summed E-state index contributed by atoms with van der Waals surface area (Å²) in [6.07, 6.45) is 7.02. The topological polar surface area (TPSA) is 91.1 Å². The number of piperazine rings is 1. The predicted octanol–water partition coefficient (Wildman–Crippen LogP) is 5.54. The molecule has 2 N–H and O–H groups in total. The number of anilines is 1. The summed E-state index contributed by atoms with van der Waals surface area (Å²) in [6, 6.07) is 6.60. The lowest BCUT2D eigenvalue weighted by molar-refractivity contribution is 0.107. The minimum absolute atomic E-state index is 0.0312. The molecule has 4 aliphatic rings. The number of aromatic hydroxyl groups is 1. The highest BCUT2D eigenvalue weighted by molar-refractivity contribution is 6.06. The molecule has 0 radical (unpaired) electrons. The van der Waals surface area contributed by atoms with E-state index in [4.69, 9.17) is 14.7 Å². The van der Waals surface area contributed by atoms with E-state index < -0.39 is 23.3 Å². The van der Waals surface area contributed by atoms with Gasteiger partial charge in [0.2, 0.25) is 0 Å². The van der Waals surface area contributed by atoms with Crippen LogP contribution in [-0.2, 0) is 6.42 Å². The summed E-state index contributed by atoms with van der Waals surface area (Å²) in [5, 5.41) is 16.0. The fourth-order valence-electron chi connectivity index (χ4n) is 8.87. The maximum atomic E-state index is 17.4. The first kappa shape index (κ1) is 29.0. The molecule has 4 aliphatic heterocycles.